The first-order chi connectivity index (χ1) is 5.65. The van der Waals surface area contributed by atoms with E-state index in [0.717, 1.165) is 5.56 Å². The monoisotopic (exact) mass is 188 g/mol. The van der Waals surface area contributed by atoms with Crippen molar-refractivity contribution in [2.24, 2.45) is 0 Å². The Bertz CT molecular complexity index is 275. The second kappa shape index (κ2) is 3.87. The molecule has 0 heterocycles. The molecule has 0 aliphatic rings. The molecule has 0 aliphatic carbocycles. The van der Waals surface area contributed by atoms with Gasteiger partial charge in [0.05, 0.1) is 12.0 Å². The minimum atomic E-state index is -0.776. The Kier molecular flexibility index (Phi) is 3.06. The van der Waals surface area contributed by atoms with Crippen LogP contribution in [0, 0.1) is 12.7 Å². The molecule has 1 nitrogen and oxygen atoms in total. The van der Waals surface area contributed by atoms with Crippen LogP contribution in [0.4, 0.5) is 4.39 Å². The van der Waals surface area contributed by atoms with E-state index in [4.69, 9.17) is 11.6 Å². The van der Waals surface area contributed by atoms with Crippen molar-refractivity contribution in [3.8, 4) is 0 Å². The summed E-state index contributed by atoms with van der Waals surface area (Å²) in [7, 11) is 0. The van der Waals surface area contributed by atoms with Crippen LogP contribution in [0.1, 0.15) is 17.2 Å². The van der Waals surface area contributed by atoms with E-state index in [9.17, 15) is 9.50 Å². The van der Waals surface area contributed by atoms with Gasteiger partial charge >= 0.3 is 0 Å². The molecule has 0 radical (unpaired) electrons. The van der Waals surface area contributed by atoms with Crippen LogP contribution in [0.5, 0.6) is 0 Å². The van der Waals surface area contributed by atoms with Crippen molar-refractivity contribution in [3.63, 3.8) is 0 Å². The molecule has 0 saturated heterocycles. The average Bonchev–Trinajstić information content (AvgIpc) is 2.08. The molecule has 0 saturated carbocycles. The molecule has 0 amide bonds. The maximum atomic E-state index is 12.7. The highest BCUT2D eigenvalue weighted by Gasteiger charge is 2.09. The zero-order valence-electron chi connectivity index (χ0n) is 6.72. The van der Waals surface area contributed by atoms with Crippen molar-refractivity contribution in [1.82, 2.24) is 0 Å². The fraction of sp³-hybridized carbons (Fsp3) is 0.333. The number of aliphatic hydroxyl groups is 1. The van der Waals surface area contributed by atoms with Gasteiger partial charge in [-0.25, -0.2) is 4.39 Å². The summed E-state index contributed by atoms with van der Waals surface area (Å²) in [6.07, 6.45) is -0.776. The maximum absolute atomic E-state index is 12.7. The Morgan fingerprint density at radius 1 is 1.58 bits per heavy atom. The van der Waals surface area contributed by atoms with E-state index in [-0.39, 0.29) is 11.7 Å². The third kappa shape index (κ3) is 1.96. The molecule has 0 aromatic heterocycles. The molecule has 1 rings (SSSR count). The van der Waals surface area contributed by atoms with E-state index in [2.05, 4.69) is 0 Å². The number of aryl methyl sites for hydroxylation is 1. The van der Waals surface area contributed by atoms with Gasteiger partial charge in [-0.3, -0.25) is 0 Å². The summed E-state index contributed by atoms with van der Waals surface area (Å²) in [5, 5.41) is 9.34. The van der Waals surface area contributed by atoms with E-state index < -0.39 is 6.10 Å². The van der Waals surface area contributed by atoms with Crippen molar-refractivity contribution < 1.29 is 9.50 Å². The maximum Gasteiger partial charge on any atom is 0.123 e. The predicted molar refractivity (Wildman–Crippen MR) is 46.8 cm³/mol. The summed E-state index contributed by atoms with van der Waals surface area (Å²) in [4.78, 5) is 0. The highest BCUT2D eigenvalue weighted by Crippen LogP contribution is 2.19. The van der Waals surface area contributed by atoms with Crippen LogP contribution in [0.2, 0.25) is 0 Å². The molecule has 0 fully saturated rings. The van der Waals surface area contributed by atoms with Gasteiger partial charge in [-0.05, 0) is 30.2 Å². The van der Waals surface area contributed by atoms with Crippen LogP contribution in [-0.2, 0) is 0 Å². The van der Waals surface area contributed by atoms with Gasteiger partial charge in [0, 0.05) is 0 Å². The minimum absolute atomic E-state index is 0.0876. The quantitative estimate of drug-likeness (QED) is 0.707. The van der Waals surface area contributed by atoms with Crippen molar-refractivity contribution in [2.45, 2.75) is 13.0 Å². The lowest BCUT2D eigenvalue weighted by Gasteiger charge is -2.09. The first-order valence-electron chi connectivity index (χ1n) is 3.65. The van der Waals surface area contributed by atoms with Crippen LogP contribution < -0.4 is 0 Å². The summed E-state index contributed by atoms with van der Waals surface area (Å²) < 4.78 is 12.7. The van der Waals surface area contributed by atoms with Crippen LogP contribution in [-0.4, -0.2) is 11.0 Å². The Labute approximate surface area is 75.8 Å². The average molecular weight is 189 g/mol. The summed E-state index contributed by atoms with van der Waals surface area (Å²) in [6.45, 7) is 1.81. The Morgan fingerprint density at radius 2 is 2.25 bits per heavy atom. The van der Waals surface area contributed by atoms with Gasteiger partial charge in [0.2, 0.25) is 0 Å². The van der Waals surface area contributed by atoms with E-state index in [1.165, 1.54) is 12.1 Å². The highest BCUT2D eigenvalue weighted by atomic mass is 35.5. The molecule has 0 bridgehead atoms. The van der Waals surface area contributed by atoms with Crippen molar-refractivity contribution in [1.29, 1.82) is 0 Å². The van der Waals surface area contributed by atoms with Gasteiger partial charge in [0.15, 0.2) is 0 Å². The molecule has 1 aromatic rings. The number of benzene rings is 1. The smallest absolute Gasteiger partial charge is 0.123 e. The molecule has 66 valence electrons. The number of hydrogen-bond acceptors (Lipinski definition) is 1. The van der Waals surface area contributed by atoms with Gasteiger partial charge in [-0.1, -0.05) is 6.07 Å². The molecule has 1 aromatic carbocycles. The molecular formula is C9H10ClFO. The SMILES string of the molecule is Cc1ccc(F)cc1C(O)CCl. The lowest BCUT2D eigenvalue weighted by Crippen LogP contribution is -2.01. The van der Waals surface area contributed by atoms with Crippen molar-refractivity contribution >= 4 is 11.6 Å². The van der Waals surface area contributed by atoms with E-state index >= 15 is 0 Å². The molecule has 3 heteroatoms. The Hall–Kier alpha value is -0.600. The lowest BCUT2D eigenvalue weighted by molar-refractivity contribution is 0.201. The Balaban J connectivity index is 3.04. The zero-order chi connectivity index (χ0) is 9.14. The number of rotatable bonds is 2. The molecular weight excluding hydrogens is 179 g/mol. The largest absolute Gasteiger partial charge is 0.387 e. The molecule has 0 aliphatic heterocycles. The van der Waals surface area contributed by atoms with E-state index in [0.29, 0.717) is 5.56 Å². The van der Waals surface area contributed by atoms with Crippen LogP contribution in [0.15, 0.2) is 18.2 Å². The van der Waals surface area contributed by atoms with E-state index in [1.54, 1.807) is 6.07 Å². The first-order valence-corrected chi connectivity index (χ1v) is 4.18. The number of alkyl halides is 1. The summed E-state index contributed by atoms with van der Waals surface area (Å²) in [6, 6.07) is 4.29. The summed E-state index contributed by atoms with van der Waals surface area (Å²) in [5.74, 6) is -0.260. The molecule has 1 N–H and O–H groups in total. The summed E-state index contributed by atoms with van der Waals surface area (Å²) >= 11 is 5.44. The van der Waals surface area contributed by atoms with Gasteiger partial charge in [0.25, 0.3) is 0 Å². The van der Waals surface area contributed by atoms with Gasteiger partial charge < -0.3 is 5.11 Å². The number of halogens is 2. The third-order valence-electron chi connectivity index (χ3n) is 1.75. The first kappa shape index (κ1) is 9.49. The van der Waals surface area contributed by atoms with Crippen LogP contribution in [0.3, 0.4) is 0 Å². The number of hydrogen-bond donors (Lipinski definition) is 1. The molecule has 0 spiro atoms. The second-order valence-corrected chi connectivity index (χ2v) is 2.98. The lowest BCUT2D eigenvalue weighted by atomic mass is 10.0. The normalized spacial score (nSPS) is 13.0. The zero-order valence-corrected chi connectivity index (χ0v) is 7.48. The fourth-order valence-corrected chi connectivity index (χ4v) is 1.22. The molecule has 12 heavy (non-hydrogen) atoms. The van der Waals surface area contributed by atoms with Crippen molar-refractivity contribution in [2.75, 3.05) is 5.88 Å². The third-order valence-corrected chi connectivity index (χ3v) is 2.04. The van der Waals surface area contributed by atoms with Gasteiger partial charge in [0.1, 0.15) is 5.82 Å². The topological polar surface area (TPSA) is 20.2 Å². The fourth-order valence-electron chi connectivity index (χ4n) is 1.05. The highest BCUT2D eigenvalue weighted by molar-refractivity contribution is 6.18. The van der Waals surface area contributed by atoms with Gasteiger partial charge in [-0.15, -0.1) is 11.6 Å². The second-order valence-electron chi connectivity index (χ2n) is 2.67. The molecule has 1 atom stereocenters. The minimum Gasteiger partial charge on any atom is -0.387 e. The standard InChI is InChI=1S/C9H10ClFO/c1-6-2-3-7(11)4-8(6)9(12)5-10/h2-4,9,12H,5H2,1H3. The van der Waals surface area contributed by atoms with Crippen LogP contribution >= 0.6 is 11.6 Å². The predicted octanol–water partition coefficient (Wildman–Crippen LogP) is 2.41. The van der Waals surface area contributed by atoms with E-state index in [1.807, 2.05) is 6.92 Å². The summed E-state index contributed by atoms with van der Waals surface area (Å²) in [5.41, 5.74) is 1.41. The Morgan fingerprint density at radius 3 is 2.83 bits per heavy atom. The van der Waals surface area contributed by atoms with Gasteiger partial charge in [-0.2, -0.15) is 0 Å². The van der Waals surface area contributed by atoms with Crippen molar-refractivity contribution in [3.05, 3.63) is 35.1 Å². The number of aliphatic hydroxyl groups excluding tert-OH is 1. The van der Waals surface area contributed by atoms with Crippen LogP contribution in [0.25, 0.3) is 0 Å². The molecule has 1 unspecified atom stereocenters.